The van der Waals surface area contributed by atoms with Gasteiger partial charge in [-0.15, -0.1) is 11.3 Å². The van der Waals surface area contributed by atoms with Crippen molar-refractivity contribution in [3.8, 4) is 11.5 Å². The fraction of sp³-hybridized carbons (Fsp3) is 0.111. The zero-order chi connectivity index (χ0) is 16.5. The number of hydrogen-bond acceptors (Lipinski definition) is 6. The van der Waals surface area contributed by atoms with Gasteiger partial charge in [-0.2, -0.15) is 0 Å². The summed E-state index contributed by atoms with van der Waals surface area (Å²) in [7, 11) is 1.62. The van der Waals surface area contributed by atoms with Crippen molar-refractivity contribution in [3.05, 3.63) is 63.5 Å². The molecule has 0 unspecified atom stereocenters. The Labute approximate surface area is 142 Å². The predicted molar refractivity (Wildman–Crippen MR) is 91.5 cm³/mol. The Bertz CT molecular complexity index is 894. The van der Waals surface area contributed by atoms with Gasteiger partial charge in [0.1, 0.15) is 18.1 Å². The predicted octanol–water partition coefficient (Wildman–Crippen LogP) is 3.42. The van der Waals surface area contributed by atoms with Crippen LogP contribution in [0.2, 0.25) is 0 Å². The number of aliphatic imine (C=N–C) groups is 1. The average molecular weight is 339 g/mol. The number of fused-ring (bicyclic) bond motifs is 1. The molecule has 0 saturated carbocycles. The molecule has 0 spiro atoms. The van der Waals surface area contributed by atoms with Crippen LogP contribution in [-0.4, -0.2) is 25.6 Å². The van der Waals surface area contributed by atoms with Crippen molar-refractivity contribution in [2.75, 3.05) is 13.7 Å². The standard InChI is InChI=1S/C18H13NO4S/c1-21-13-5-4-12-7-11(10-22-15(12)9-13)8-14-18(20)23-17(19-14)16-3-2-6-24-16/h2-9H,10H2,1H3/b14-8+. The second-order valence-corrected chi connectivity index (χ2v) is 6.17. The molecule has 1 aromatic carbocycles. The fourth-order valence-corrected chi connectivity index (χ4v) is 3.11. The SMILES string of the molecule is COc1ccc2c(c1)OCC(/C=C1/N=C(c3cccs3)OC1=O)=C2. The molecule has 2 aromatic rings. The number of hydrogen-bond donors (Lipinski definition) is 0. The zero-order valence-corrected chi connectivity index (χ0v) is 13.6. The van der Waals surface area contributed by atoms with E-state index in [1.807, 2.05) is 41.8 Å². The third-order valence-electron chi connectivity index (χ3n) is 3.63. The number of carbonyl (C=O) groups excluding carboxylic acids is 1. The van der Waals surface area contributed by atoms with Gasteiger partial charge in [0.05, 0.1) is 12.0 Å². The minimum atomic E-state index is -0.445. The minimum Gasteiger partial charge on any atom is -0.497 e. The normalized spacial score (nSPS) is 17.7. The van der Waals surface area contributed by atoms with E-state index in [0.29, 0.717) is 12.5 Å². The van der Waals surface area contributed by atoms with Crippen LogP contribution in [0.5, 0.6) is 11.5 Å². The molecular formula is C18H13NO4S. The van der Waals surface area contributed by atoms with E-state index in [0.717, 1.165) is 27.5 Å². The van der Waals surface area contributed by atoms with Gasteiger partial charge in [-0.05, 0) is 41.3 Å². The summed E-state index contributed by atoms with van der Waals surface area (Å²) in [4.78, 5) is 17.1. The first-order valence-corrected chi connectivity index (χ1v) is 8.19. The zero-order valence-electron chi connectivity index (χ0n) is 12.8. The Morgan fingerprint density at radius 1 is 1.33 bits per heavy atom. The molecule has 6 heteroatoms. The number of nitrogens with zero attached hydrogens (tertiary/aromatic N) is 1. The van der Waals surface area contributed by atoms with E-state index in [1.165, 1.54) is 11.3 Å². The smallest absolute Gasteiger partial charge is 0.363 e. The van der Waals surface area contributed by atoms with Gasteiger partial charge in [0, 0.05) is 11.6 Å². The third-order valence-corrected chi connectivity index (χ3v) is 4.49. The molecule has 24 heavy (non-hydrogen) atoms. The van der Waals surface area contributed by atoms with Gasteiger partial charge in [0.25, 0.3) is 0 Å². The fourth-order valence-electron chi connectivity index (χ4n) is 2.46. The number of carbonyl (C=O) groups is 1. The van der Waals surface area contributed by atoms with Gasteiger partial charge < -0.3 is 14.2 Å². The number of benzene rings is 1. The summed E-state index contributed by atoms with van der Waals surface area (Å²) in [6, 6.07) is 9.38. The summed E-state index contributed by atoms with van der Waals surface area (Å²) < 4.78 is 16.1. The second kappa shape index (κ2) is 5.98. The Kier molecular flexibility index (Phi) is 3.66. The van der Waals surface area contributed by atoms with Crippen LogP contribution in [0, 0.1) is 0 Å². The molecule has 0 bridgehead atoms. The number of ether oxygens (including phenoxy) is 3. The topological polar surface area (TPSA) is 57.1 Å². The first kappa shape index (κ1) is 14.7. The van der Waals surface area contributed by atoms with Crippen LogP contribution in [0.4, 0.5) is 0 Å². The molecule has 0 amide bonds. The lowest BCUT2D eigenvalue weighted by atomic mass is 10.1. The maximum atomic E-state index is 12.0. The van der Waals surface area contributed by atoms with E-state index in [4.69, 9.17) is 14.2 Å². The highest BCUT2D eigenvalue weighted by Crippen LogP contribution is 2.31. The summed E-state index contributed by atoms with van der Waals surface area (Å²) >= 11 is 1.48. The number of rotatable bonds is 3. The Morgan fingerprint density at radius 2 is 2.25 bits per heavy atom. The van der Waals surface area contributed by atoms with Crippen LogP contribution in [0.1, 0.15) is 10.4 Å². The van der Waals surface area contributed by atoms with Gasteiger partial charge in [0.15, 0.2) is 5.70 Å². The third kappa shape index (κ3) is 2.72. The van der Waals surface area contributed by atoms with E-state index < -0.39 is 5.97 Å². The van der Waals surface area contributed by atoms with E-state index >= 15 is 0 Å². The van der Waals surface area contributed by atoms with Crippen molar-refractivity contribution in [1.82, 2.24) is 0 Å². The summed E-state index contributed by atoms with van der Waals surface area (Å²) in [5.74, 6) is 1.41. The van der Waals surface area contributed by atoms with E-state index in [1.54, 1.807) is 13.2 Å². The summed E-state index contributed by atoms with van der Waals surface area (Å²) in [5.41, 5.74) is 2.07. The average Bonchev–Trinajstić information content (AvgIpc) is 3.25. The molecule has 0 saturated heterocycles. The van der Waals surface area contributed by atoms with Gasteiger partial charge in [0.2, 0.25) is 5.90 Å². The maximum absolute atomic E-state index is 12.0. The van der Waals surface area contributed by atoms with Crippen LogP contribution in [0.15, 0.2) is 58.1 Å². The highest BCUT2D eigenvalue weighted by atomic mass is 32.1. The number of esters is 1. The van der Waals surface area contributed by atoms with Crippen LogP contribution >= 0.6 is 11.3 Å². The molecule has 1 aromatic heterocycles. The molecule has 0 aliphatic carbocycles. The van der Waals surface area contributed by atoms with Crippen molar-refractivity contribution in [1.29, 1.82) is 0 Å². The van der Waals surface area contributed by atoms with Crippen molar-refractivity contribution in [3.63, 3.8) is 0 Å². The van der Waals surface area contributed by atoms with Gasteiger partial charge in [-0.3, -0.25) is 0 Å². The summed E-state index contributed by atoms with van der Waals surface area (Å²) in [6.45, 7) is 0.362. The lowest BCUT2D eigenvalue weighted by Gasteiger charge is -2.16. The van der Waals surface area contributed by atoms with Gasteiger partial charge in [-0.25, -0.2) is 9.79 Å². The van der Waals surface area contributed by atoms with Crippen LogP contribution < -0.4 is 9.47 Å². The molecule has 4 rings (SSSR count). The van der Waals surface area contributed by atoms with Crippen LogP contribution in [0.3, 0.4) is 0 Å². The molecule has 2 aliphatic rings. The van der Waals surface area contributed by atoms with Crippen molar-refractivity contribution >= 4 is 29.3 Å². The van der Waals surface area contributed by atoms with Crippen LogP contribution in [0.25, 0.3) is 6.08 Å². The molecule has 120 valence electrons. The second-order valence-electron chi connectivity index (χ2n) is 5.23. The summed E-state index contributed by atoms with van der Waals surface area (Å²) in [6.07, 6.45) is 3.67. The van der Waals surface area contributed by atoms with Crippen molar-refractivity contribution in [2.45, 2.75) is 0 Å². The van der Waals surface area contributed by atoms with Gasteiger partial charge >= 0.3 is 5.97 Å². The molecule has 0 N–H and O–H groups in total. The quantitative estimate of drug-likeness (QED) is 0.635. The Morgan fingerprint density at radius 3 is 3.04 bits per heavy atom. The van der Waals surface area contributed by atoms with Crippen LogP contribution in [-0.2, 0) is 9.53 Å². The number of methoxy groups -OCH3 is 1. The molecular weight excluding hydrogens is 326 g/mol. The summed E-state index contributed by atoms with van der Waals surface area (Å²) in [5, 5.41) is 1.91. The lowest BCUT2D eigenvalue weighted by Crippen LogP contribution is -2.08. The number of thiophene rings is 1. The van der Waals surface area contributed by atoms with Gasteiger partial charge in [-0.1, -0.05) is 6.07 Å². The minimum absolute atomic E-state index is 0.283. The molecule has 0 atom stereocenters. The molecule has 0 radical (unpaired) electrons. The Balaban J connectivity index is 1.63. The highest BCUT2D eigenvalue weighted by molar-refractivity contribution is 7.12. The molecule has 5 nitrogen and oxygen atoms in total. The van der Waals surface area contributed by atoms with E-state index in [9.17, 15) is 4.79 Å². The Hall–Kier alpha value is -2.86. The first-order chi connectivity index (χ1) is 11.7. The van der Waals surface area contributed by atoms with E-state index in [2.05, 4.69) is 4.99 Å². The first-order valence-electron chi connectivity index (χ1n) is 7.31. The van der Waals surface area contributed by atoms with Crippen molar-refractivity contribution in [2.24, 2.45) is 4.99 Å². The molecule has 0 fully saturated rings. The maximum Gasteiger partial charge on any atom is 0.363 e. The largest absolute Gasteiger partial charge is 0.497 e. The molecule has 3 heterocycles. The monoisotopic (exact) mass is 339 g/mol. The number of cyclic esters (lactones) is 1. The lowest BCUT2D eigenvalue weighted by molar-refractivity contribution is -0.130. The van der Waals surface area contributed by atoms with Crippen molar-refractivity contribution < 1.29 is 19.0 Å². The van der Waals surface area contributed by atoms with E-state index in [-0.39, 0.29) is 5.70 Å². The highest BCUT2D eigenvalue weighted by Gasteiger charge is 2.25. The molecule has 2 aliphatic heterocycles.